The number of thioether (sulfide) groups is 1. The van der Waals surface area contributed by atoms with Crippen molar-refractivity contribution in [2.45, 2.75) is 50.6 Å². The number of nitrogens with zero attached hydrogens (tertiary/aromatic N) is 2. The number of hydrazone groups is 1. The summed E-state index contributed by atoms with van der Waals surface area (Å²) in [5, 5.41) is 8.58. The molecule has 0 unspecified atom stereocenters. The van der Waals surface area contributed by atoms with E-state index in [1.807, 2.05) is 11.8 Å². The van der Waals surface area contributed by atoms with E-state index < -0.39 is 0 Å². The molecule has 0 amide bonds. The molecule has 0 bridgehead atoms. The summed E-state index contributed by atoms with van der Waals surface area (Å²) in [7, 11) is 0. The molecule has 0 aromatic carbocycles. The highest BCUT2D eigenvalue weighted by atomic mass is 32.2. The average molecular weight is 210 g/mol. The average Bonchev–Trinajstić information content (AvgIpc) is 2.73. The van der Waals surface area contributed by atoms with E-state index in [1.54, 1.807) is 0 Å². The number of hydrogen-bond donors (Lipinski definition) is 0. The van der Waals surface area contributed by atoms with Gasteiger partial charge in [-0.3, -0.25) is 5.01 Å². The molecule has 2 fully saturated rings. The summed E-state index contributed by atoms with van der Waals surface area (Å²) in [6.07, 6.45) is 10.5. The minimum absolute atomic E-state index is 0.769. The summed E-state index contributed by atoms with van der Waals surface area (Å²) < 4.78 is 0. The fourth-order valence-corrected chi connectivity index (χ4v) is 3.90. The van der Waals surface area contributed by atoms with E-state index in [4.69, 9.17) is 5.10 Å². The third kappa shape index (κ3) is 1.28. The van der Waals surface area contributed by atoms with Gasteiger partial charge in [0.1, 0.15) is 0 Å². The number of fused-ring (bicyclic) bond motifs is 3. The molecule has 78 valence electrons. The third-order valence-electron chi connectivity index (χ3n) is 4.03. The first-order valence-electron chi connectivity index (χ1n) is 5.78. The maximum Gasteiger partial charge on any atom is 0.0952 e. The molecule has 1 saturated heterocycles. The highest BCUT2D eigenvalue weighted by molar-refractivity contribution is 8.13. The molecular formula is C11H18N2S. The van der Waals surface area contributed by atoms with Gasteiger partial charge in [-0.15, -0.1) is 11.8 Å². The quantitative estimate of drug-likeness (QED) is 0.611. The Bertz CT molecular complexity index is 264. The molecule has 1 saturated carbocycles. The van der Waals surface area contributed by atoms with E-state index in [-0.39, 0.29) is 0 Å². The SMILES string of the molecule is CSC1=NN2[C@@H](C1)C[C@@H]1CCCC[C@@H]12. The molecule has 2 heterocycles. The predicted molar refractivity (Wildman–Crippen MR) is 61.6 cm³/mol. The maximum absolute atomic E-state index is 4.77. The molecule has 2 aliphatic heterocycles. The van der Waals surface area contributed by atoms with Crippen molar-refractivity contribution in [2.24, 2.45) is 11.0 Å². The molecule has 1 aliphatic carbocycles. The molecule has 3 atom stereocenters. The van der Waals surface area contributed by atoms with Gasteiger partial charge < -0.3 is 0 Å². The zero-order valence-electron chi connectivity index (χ0n) is 8.78. The molecule has 0 spiro atoms. The van der Waals surface area contributed by atoms with Crippen molar-refractivity contribution < 1.29 is 0 Å². The lowest BCUT2D eigenvalue weighted by molar-refractivity contribution is 0.171. The minimum atomic E-state index is 0.769. The Morgan fingerprint density at radius 1 is 1.36 bits per heavy atom. The van der Waals surface area contributed by atoms with Crippen LogP contribution < -0.4 is 0 Å². The van der Waals surface area contributed by atoms with Crippen molar-refractivity contribution in [2.75, 3.05) is 6.26 Å². The Morgan fingerprint density at radius 3 is 3.07 bits per heavy atom. The molecule has 2 nitrogen and oxygen atoms in total. The molecule has 0 radical (unpaired) electrons. The van der Waals surface area contributed by atoms with Crippen molar-refractivity contribution in [3.05, 3.63) is 0 Å². The van der Waals surface area contributed by atoms with Crippen molar-refractivity contribution in [3.8, 4) is 0 Å². The molecule has 0 aromatic heterocycles. The van der Waals surface area contributed by atoms with E-state index in [9.17, 15) is 0 Å². The van der Waals surface area contributed by atoms with Gasteiger partial charge in [-0.2, -0.15) is 5.10 Å². The van der Waals surface area contributed by atoms with Crippen LogP contribution in [0.3, 0.4) is 0 Å². The van der Waals surface area contributed by atoms with Crippen LogP contribution in [-0.2, 0) is 0 Å². The normalized spacial score (nSPS) is 40.8. The first kappa shape index (κ1) is 9.08. The van der Waals surface area contributed by atoms with E-state index in [2.05, 4.69) is 11.3 Å². The first-order chi connectivity index (χ1) is 6.88. The summed E-state index contributed by atoms with van der Waals surface area (Å²) in [5.74, 6) is 0.973. The number of rotatable bonds is 0. The van der Waals surface area contributed by atoms with Crippen LogP contribution in [0.4, 0.5) is 0 Å². The highest BCUT2D eigenvalue weighted by Crippen LogP contribution is 2.43. The van der Waals surface area contributed by atoms with Crippen molar-refractivity contribution in [1.29, 1.82) is 0 Å². The van der Waals surface area contributed by atoms with Crippen LogP contribution in [0.15, 0.2) is 5.10 Å². The van der Waals surface area contributed by atoms with Gasteiger partial charge in [0, 0.05) is 6.42 Å². The smallest absolute Gasteiger partial charge is 0.0952 e. The Kier molecular flexibility index (Phi) is 2.23. The zero-order chi connectivity index (χ0) is 9.54. The van der Waals surface area contributed by atoms with Crippen molar-refractivity contribution >= 4 is 16.8 Å². The van der Waals surface area contributed by atoms with Crippen LogP contribution >= 0.6 is 11.8 Å². The second kappa shape index (κ2) is 3.44. The van der Waals surface area contributed by atoms with Gasteiger partial charge in [-0.1, -0.05) is 12.8 Å². The van der Waals surface area contributed by atoms with Crippen LogP contribution in [0.2, 0.25) is 0 Å². The summed E-state index contributed by atoms with van der Waals surface area (Å²) in [5.41, 5.74) is 0. The Hall–Kier alpha value is -0.180. The molecule has 0 aromatic rings. The van der Waals surface area contributed by atoms with Crippen molar-refractivity contribution in [1.82, 2.24) is 5.01 Å². The van der Waals surface area contributed by atoms with Gasteiger partial charge in [-0.25, -0.2) is 0 Å². The van der Waals surface area contributed by atoms with Gasteiger partial charge in [-0.05, 0) is 31.4 Å². The highest BCUT2D eigenvalue weighted by Gasteiger charge is 2.44. The fourth-order valence-electron chi connectivity index (χ4n) is 3.37. The van der Waals surface area contributed by atoms with Gasteiger partial charge in [0.15, 0.2) is 0 Å². The summed E-state index contributed by atoms with van der Waals surface area (Å²) >= 11 is 1.84. The van der Waals surface area contributed by atoms with Gasteiger partial charge in [0.25, 0.3) is 0 Å². The fraction of sp³-hybridized carbons (Fsp3) is 0.909. The van der Waals surface area contributed by atoms with Crippen LogP contribution in [0.5, 0.6) is 0 Å². The van der Waals surface area contributed by atoms with E-state index in [0.717, 1.165) is 18.0 Å². The van der Waals surface area contributed by atoms with E-state index >= 15 is 0 Å². The standard InChI is InChI=1S/C11H18N2S/c1-14-11-7-9-6-8-4-2-3-5-10(8)13(9)12-11/h8-10H,2-7H2,1H3/t8-,9+,10-/m0/s1. The second-order valence-electron chi connectivity index (χ2n) is 4.78. The van der Waals surface area contributed by atoms with E-state index in [0.29, 0.717) is 0 Å². The molecule has 0 N–H and O–H groups in total. The lowest BCUT2D eigenvalue weighted by Crippen LogP contribution is -2.32. The molecule has 3 heteroatoms. The largest absolute Gasteiger partial charge is 0.289 e. The summed E-state index contributed by atoms with van der Waals surface area (Å²) in [6.45, 7) is 0. The monoisotopic (exact) mass is 210 g/mol. The Morgan fingerprint density at radius 2 is 2.21 bits per heavy atom. The lowest BCUT2D eigenvalue weighted by Gasteiger charge is -2.29. The summed E-state index contributed by atoms with van der Waals surface area (Å²) in [4.78, 5) is 0. The zero-order valence-corrected chi connectivity index (χ0v) is 9.59. The summed E-state index contributed by atoms with van der Waals surface area (Å²) in [6, 6.07) is 1.57. The maximum atomic E-state index is 4.77. The van der Waals surface area contributed by atoms with Crippen molar-refractivity contribution in [3.63, 3.8) is 0 Å². The minimum Gasteiger partial charge on any atom is -0.289 e. The van der Waals surface area contributed by atoms with Gasteiger partial charge in [0.05, 0.1) is 17.1 Å². The van der Waals surface area contributed by atoms with Crippen LogP contribution in [0.25, 0.3) is 0 Å². The first-order valence-corrected chi connectivity index (χ1v) is 7.01. The lowest BCUT2D eigenvalue weighted by atomic mass is 9.84. The van der Waals surface area contributed by atoms with Crippen LogP contribution in [-0.4, -0.2) is 28.4 Å². The van der Waals surface area contributed by atoms with Gasteiger partial charge in [0.2, 0.25) is 0 Å². The van der Waals surface area contributed by atoms with Crippen LogP contribution in [0, 0.1) is 5.92 Å². The number of hydrogen-bond acceptors (Lipinski definition) is 3. The molecular weight excluding hydrogens is 192 g/mol. The Balaban J connectivity index is 1.79. The van der Waals surface area contributed by atoms with Crippen LogP contribution in [0.1, 0.15) is 38.5 Å². The van der Waals surface area contributed by atoms with Gasteiger partial charge >= 0.3 is 0 Å². The molecule has 3 rings (SSSR count). The van der Waals surface area contributed by atoms with E-state index in [1.165, 1.54) is 43.6 Å². The second-order valence-corrected chi connectivity index (χ2v) is 5.66. The topological polar surface area (TPSA) is 15.6 Å². The molecule has 3 aliphatic rings. The Labute approximate surface area is 90.1 Å². The third-order valence-corrected chi connectivity index (χ3v) is 4.75. The predicted octanol–water partition coefficient (Wildman–Crippen LogP) is 2.70. The molecule has 14 heavy (non-hydrogen) atoms.